The molecule has 0 unspecified atom stereocenters. The fourth-order valence-electron chi connectivity index (χ4n) is 2.92. The smallest absolute Gasteiger partial charge is 1.00 e. The van der Waals surface area contributed by atoms with Crippen LogP contribution in [-0.4, -0.2) is 91.7 Å². The molecule has 3 aromatic rings. The zero-order valence-corrected chi connectivity index (χ0v) is 28.3. The van der Waals surface area contributed by atoms with Crippen molar-refractivity contribution in [2.75, 3.05) is 38.8 Å². The quantitative estimate of drug-likeness (QED) is 0.0900. The van der Waals surface area contributed by atoms with Crippen molar-refractivity contribution in [3.8, 4) is 5.75 Å². The van der Waals surface area contributed by atoms with Gasteiger partial charge in [0.2, 0.25) is 0 Å². The minimum atomic E-state index is -0.850. The van der Waals surface area contributed by atoms with Crippen LogP contribution in [0, 0.1) is 0 Å². The van der Waals surface area contributed by atoms with E-state index in [0.29, 0.717) is 29.0 Å². The Morgan fingerprint density at radius 1 is 0.864 bits per heavy atom. The maximum Gasteiger partial charge on any atom is 1.00 e. The molecule has 3 heterocycles. The van der Waals surface area contributed by atoms with Gasteiger partial charge in [-0.3, -0.25) is 23.7 Å². The van der Waals surface area contributed by atoms with Crippen LogP contribution in [0.15, 0.2) is 17.2 Å². The molecule has 3 rings (SSSR count). The van der Waals surface area contributed by atoms with E-state index in [2.05, 4.69) is 24.7 Å². The van der Waals surface area contributed by atoms with E-state index in [0.717, 1.165) is 0 Å². The molecule has 0 bridgehead atoms. The minimum Gasteiger partial charge on any atom is -1.00 e. The van der Waals surface area contributed by atoms with Gasteiger partial charge in [-0.2, -0.15) is 10.2 Å². The molecule has 0 fully saturated rings. The van der Waals surface area contributed by atoms with Gasteiger partial charge in [-0.25, -0.2) is 9.59 Å². The minimum absolute atomic E-state index is 0. The number of esters is 4. The Labute approximate surface area is 277 Å². The van der Waals surface area contributed by atoms with Gasteiger partial charge in [-0.15, -0.1) is 0 Å². The second-order valence-electron chi connectivity index (χ2n) is 7.82. The maximum atomic E-state index is 11.7. The zero-order chi connectivity index (χ0) is 33.1. The van der Waals surface area contributed by atoms with Crippen LogP contribution >= 0.6 is 0 Å². The Hall–Kier alpha value is -3.93. The Kier molecular flexibility index (Phi) is 21.7. The number of aromatic nitrogens is 5. The fourth-order valence-corrected chi connectivity index (χ4v) is 2.92. The average molecular weight is 637 g/mol. The molecule has 0 aliphatic heterocycles. The van der Waals surface area contributed by atoms with Crippen molar-refractivity contribution in [3.05, 3.63) is 33.9 Å². The molecule has 3 aromatic heterocycles. The van der Waals surface area contributed by atoms with Crippen molar-refractivity contribution < 1.29 is 79.3 Å². The van der Waals surface area contributed by atoms with Crippen LogP contribution in [0.3, 0.4) is 0 Å². The van der Waals surface area contributed by atoms with Crippen molar-refractivity contribution >= 4 is 40.7 Å². The number of H-pyrrole nitrogens is 1. The predicted molar refractivity (Wildman–Crippen MR) is 154 cm³/mol. The van der Waals surface area contributed by atoms with Crippen LogP contribution in [-0.2, 0) is 42.6 Å². The molecule has 0 aliphatic carbocycles. The van der Waals surface area contributed by atoms with Crippen LogP contribution in [0.2, 0.25) is 0 Å². The van der Waals surface area contributed by atoms with Crippen LogP contribution < -0.4 is 40.9 Å². The monoisotopic (exact) mass is 636 g/mol. The van der Waals surface area contributed by atoms with Crippen molar-refractivity contribution in [1.82, 2.24) is 24.5 Å². The third-order valence-corrected chi connectivity index (χ3v) is 4.75. The predicted octanol–water partition coefficient (Wildman–Crippen LogP) is -2.06. The number of anilines is 1. The number of rotatable bonds is 8. The summed E-state index contributed by atoms with van der Waals surface area (Å²) >= 11 is 0. The number of carbonyl (C=O) groups is 4. The number of nitrogens with one attached hydrogen (secondary N) is 1. The molecule has 0 atom stereocenters. The number of aryl methyl sites for hydroxylation is 2. The maximum absolute atomic E-state index is 11.7. The summed E-state index contributed by atoms with van der Waals surface area (Å²) < 4.78 is 21.3. The zero-order valence-electron chi connectivity index (χ0n) is 27.3. The third kappa shape index (κ3) is 13.6. The van der Waals surface area contributed by atoms with Gasteiger partial charge in [-0.1, -0.05) is 0 Å². The summed E-state index contributed by atoms with van der Waals surface area (Å²) in [5.74, 6) is -2.43. The summed E-state index contributed by atoms with van der Waals surface area (Å²) in [4.78, 5) is 58.0. The number of nitrogens with zero attached hydrogens (tertiary/aromatic N) is 4. The average Bonchev–Trinajstić information content (AvgIpc) is 3.47. The van der Waals surface area contributed by atoms with Gasteiger partial charge in [0.05, 0.1) is 44.2 Å². The molecule has 242 valence electrons. The first-order valence-corrected chi connectivity index (χ1v) is 13.1. The molecule has 0 saturated carbocycles. The normalized spacial score (nSPS) is 9.45. The van der Waals surface area contributed by atoms with E-state index < -0.39 is 40.7 Å². The van der Waals surface area contributed by atoms with E-state index >= 15 is 0 Å². The van der Waals surface area contributed by atoms with Gasteiger partial charge >= 0.3 is 53.4 Å². The summed E-state index contributed by atoms with van der Waals surface area (Å²) in [7, 11) is 3.28. The number of aliphatic hydroxyl groups is 1. The van der Waals surface area contributed by atoms with Crippen LogP contribution in [0.5, 0.6) is 5.75 Å². The number of aromatic amines is 1. The SMILES string of the molecule is CCO.CCOC(=O)CC(=O)OCC.CCOC(=O)c1c(O)c2cnn(C)c2[nH]c1=O.CCOC(=O)c1cnn(C)c1N.[H-].[Na+]. The number of nitrogen functional groups attached to an aromatic ring is 1. The van der Waals surface area contributed by atoms with Crippen molar-refractivity contribution in [2.24, 2.45) is 14.1 Å². The topological polar surface area (TPSA) is 240 Å². The van der Waals surface area contributed by atoms with Gasteiger partial charge in [0.1, 0.15) is 29.2 Å². The van der Waals surface area contributed by atoms with Gasteiger partial charge in [0.25, 0.3) is 5.56 Å². The van der Waals surface area contributed by atoms with Crippen LogP contribution in [0.25, 0.3) is 11.0 Å². The van der Waals surface area contributed by atoms with E-state index in [-0.39, 0.29) is 63.8 Å². The number of hydrogen-bond acceptors (Lipinski definition) is 14. The van der Waals surface area contributed by atoms with E-state index in [1.54, 1.807) is 48.7 Å². The number of hydrogen-bond donors (Lipinski definition) is 4. The van der Waals surface area contributed by atoms with Gasteiger partial charge < -0.3 is 41.3 Å². The molecule has 0 saturated heterocycles. The largest absolute Gasteiger partial charge is 1.00 e. The number of carbonyl (C=O) groups excluding carboxylic acids is 4. The summed E-state index contributed by atoms with van der Waals surface area (Å²) in [6.45, 7) is 9.70. The molecule has 44 heavy (non-hydrogen) atoms. The molecule has 0 aromatic carbocycles. The summed E-state index contributed by atoms with van der Waals surface area (Å²) in [6, 6.07) is 0. The Bertz CT molecular complexity index is 1390. The molecular weight excluding hydrogens is 595 g/mol. The molecule has 0 spiro atoms. The van der Waals surface area contributed by atoms with E-state index in [9.17, 15) is 29.1 Å². The fraction of sp³-hybridized carbons (Fsp3) is 0.500. The molecule has 5 N–H and O–H groups in total. The Morgan fingerprint density at radius 3 is 1.75 bits per heavy atom. The van der Waals surface area contributed by atoms with Crippen molar-refractivity contribution in [3.63, 3.8) is 0 Å². The Morgan fingerprint density at radius 2 is 1.32 bits per heavy atom. The molecule has 17 nitrogen and oxygen atoms in total. The molecule has 18 heteroatoms. The van der Waals surface area contributed by atoms with E-state index in [1.807, 2.05) is 0 Å². The number of aliphatic hydroxyl groups excluding tert-OH is 1. The van der Waals surface area contributed by atoms with E-state index in [4.69, 9.17) is 20.3 Å². The first-order valence-electron chi connectivity index (χ1n) is 13.1. The first-order chi connectivity index (χ1) is 20.3. The molecule has 0 radical (unpaired) electrons. The van der Waals surface area contributed by atoms with Gasteiger partial charge in [-0.05, 0) is 34.6 Å². The van der Waals surface area contributed by atoms with Crippen LogP contribution in [0.1, 0.15) is 63.2 Å². The number of ether oxygens (including phenoxy) is 4. The second-order valence-corrected chi connectivity index (χ2v) is 7.82. The molecule has 0 aliphatic rings. The van der Waals surface area contributed by atoms with Gasteiger partial charge in [0.15, 0.2) is 5.56 Å². The second kappa shape index (κ2) is 22.6. The number of fused-ring (bicyclic) bond motifs is 1. The van der Waals surface area contributed by atoms with Crippen LogP contribution in [0.4, 0.5) is 5.82 Å². The van der Waals surface area contributed by atoms with Crippen molar-refractivity contribution in [2.45, 2.75) is 41.0 Å². The third-order valence-electron chi connectivity index (χ3n) is 4.75. The van der Waals surface area contributed by atoms with Crippen molar-refractivity contribution in [1.29, 1.82) is 0 Å². The number of pyridine rings is 1. The molecular formula is C26H41N6NaO11. The summed E-state index contributed by atoms with van der Waals surface area (Å²) in [5.41, 5.74) is 5.11. The summed E-state index contributed by atoms with van der Waals surface area (Å²) in [6.07, 6.45) is 2.47. The molecule has 0 amide bonds. The number of aromatic hydroxyl groups is 1. The first kappa shape index (κ1) is 42.2. The summed E-state index contributed by atoms with van der Waals surface area (Å²) in [5, 5.41) is 25.4. The number of nitrogens with two attached hydrogens (primary N) is 1. The standard InChI is InChI=1S/C10H11N3O4.C7H11N3O2.C7H12O4.C2H6O.Na.H/c1-3-17-10(16)6-7(14)5-4-11-13(2)8(5)12-9(6)15;1-3-12-7(11)5-4-9-10(2)6(5)8;1-3-10-6(8)5-7(9)11-4-2;1-2-3;;/h4H,3H2,1-2H3,(H2,12,14,15);4H,3,8H2,1-2H3;3-5H2,1-2H3;3H,2H2,1H3;;/q;;;;+1;-1. The van der Waals surface area contributed by atoms with E-state index in [1.165, 1.54) is 21.8 Å². The Balaban J connectivity index is -0.000000566. The van der Waals surface area contributed by atoms with Gasteiger partial charge in [0, 0.05) is 20.7 Å².